The quantitative estimate of drug-likeness (QED) is 0.906. The monoisotopic (exact) mass is 327 g/mol. The van der Waals surface area contributed by atoms with Gasteiger partial charge in [0, 0.05) is 13.1 Å². The number of amides is 1. The van der Waals surface area contributed by atoms with Crippen LogP contribution in [0.3, 0.4) is 0 Å². The summed E-state index contributed by atoms with van der Waals surface area (Å²) in [7, 11) is 0. The molecule has 1 spiro atoms. The van der Waals surface area contributed by atoms with Crippen LogP contribution in [-0.4, -0.2) is 35.0 Å². The van der Waals surface area contributed by atoms with Crippen molar-refractivity contribution in [2.45, 2.75) is 19.3 Å². The van der Waals surface area contributed by atoms with Crippen LogP contribution < -0.4 is 0 Å². The highest BCUT2D eigenvalue weighted by Gasteiger charge is 2.59. The van der Waals surface area contributed by atoms with Gasteiger partial charge in [-0.05, 0) is 36.8 Å². The Kier molecular flexibility index (Phi) is 3.62. The van der Waals surface area contributed by atoms with Crippen molar-refractivity contribution in [2.24, 2.45) is 11.3 Å². The molecule has 21 heavy (non-hydrogen) atoms. The molecule has 112 valence electrons. The maximum absolute atomic E-state index is 12.5. The number of halogens is 2. The van der Waals surface area contributed by atoms with Gasteiger partial charge in [0.1, 0.15) is 0 Å². The summed E-state index contributed by atoms with van der Waals surface area (Å²) < 4.78 is 0. The molecule has 1 saturated heterocycles. The van der Waals surface area contributed by atoms with Gasteiger partial charge in [-0.2, -0.15) is 0 Å². The molecule has 1 N–H and O–H groups in total. The van der Waals surface area contributed by atoms with E-state index in [0.29, 0.717) is 28.7 Å². The number of hydrogen-bond acceptors (Lipinski definition) is 2. The third-order valence-corrected chi connectivity index (χ3v) is 5.34. The van der Waals surface area contributed by atoms with E-state index in [2.05, 4.69) is 0 Å². The second kappa shape index (κ2) is 5.18. The molecular formula is C15H15Cl2NO3. The summed E-state index contributed by atoms with van der Waals surface area (Å²) in [6, 6.07) is 5.00. The lowest BCUT2D eigenvalue weighted by atomic mass is 9.90. The summed E-state index contributed by atoms with van der Waals surface area (Å²) in [6.07, 6.45) is 2.20. The van der Waals surface area contributed by atoms with E-state index in [-0.39, 0.29) is 17.2 Å². The number of likely N-dealkylation sites (tertiary alicyclic amines) is 1. The van der Waals surface area contributed by atoms with Crippen LogP contribution in [0, 0.1) is 11.3 Å². The Balaban J connectivity index is 1.70. The summed E-state index contributed by atoms with van der Waals surface area (Å²) in [5, 5.41) is 9.78. The molecule has 2 aliphatic rings. The fourth-order valence-corrected chi connectivity index (χ4v) is 3.82. The molecule has 0 radical (unpaired) electrons. The second-order valence-electron chi connectivity index (χ2n) is 5.85. The Labute approximate surface area is 132 Å². The Hall–Kier alpha value is -1.26. The van der Waals surface area contributed by atoms with Crippen molar-refractivity contribution in [3.63, 3.8) is 0 Å². The van der Waals surface area contributed by atoms with E-state index in [1.54, 1.807) is 23.1 Å². The third kappa shape index (κ3) is 2.51. The van der Waals surface area contributed by atoms with E-state index in [1.165, 1.54) is 0 Å². The largest absolute Gasteiger partial charge is 0.481 e. The molecule has 4 nitrogen and oxygen atoms in total. The zero-order valence-electron chi connectivity index (χ0n) is 11.3. The minimum Gasteiger partial charge on any atom is -0.481 e. The first-order valence-electron chi connectivity index (χ1n) is 6.91. The molecule has 1 saturated carbocycles. The number of carboxylic acids is 1. The lowest BCUT2D eigenvalue weighted by molar-refractivity contribution is -0.139. The van der Waals surface area contributed by atoms with Crippen LogP contribution in [0.15, 0.2) is 18.2 Å². The zero-order chi connectivity index (χ0) is 15.2. The summed E-state index contributed by atoms with van der Waals surface area (Å²) in [5.41, 5.74) is 0.245. The molecule has 6 heteroatoms. The fraction of sp³-hybridized carbons (Fsp3) is 0.467. The first kappa shape index (κ1) is 14.7. The SMILES string of the molecule is O=C(O)C1CC12CCN(C(=O)c1c(Cl)cccc1Cl)CC2. The van der Waals surface area contributed by atoms with E-state index >= 15 is 0 Å². The van der Waals surface area contributed by atoms with E-state index in [1.807, 2.05) is 0 Å². The molecule has 1 aliphatic heterocycles. The summed E-state index contributed by atoms with van der Waals surface area (Å²) >= 11 is 12.1. The molecule has 3 rings (SSSR count). The van der Waals surface area contributed by atoms with Crippen molar-refractivity contribution in [3.05, 3.63) is 33.8 Å². The van der Waals surface area contributed by atoms with E-state index in [0.717, 1.165) is 19.3 Å². The molecule has 1 aromatic rings. The van der Waals surface area contributed by atoms with Crippen LogP contribution in [0.1, 0.15) is 29.6 Å². The first-order valence-corrected chi connectivity index (χ1v) is 7.66. The van der Waals surface area contributed by atoms with E-state index in [4.69, 9.17) is 28.3 Å². The minimum atomic E-state index is -0.719. The topological polar surface area (TPSA) is 57.6 Å². The number of rotatable bonds is 2. The van der Waals surface area contributed by atoms with E-state index in [9.17, 15) is 9.59 Å². The molecule has 1 atom stereocenters. The lowest BCUT2D eigenvalue weighted by Crippen LogP contribution is -2.40. The average Bonchev–Trinajstić information content (AvgIpc) is 3.13. The molecule has 0 aromatic heterocycles. The molecule has 1 aromatic carbocycles. The van der Waals surface area contributed by atoms with Gasteiger partial charge in [-0.25, -0.2) is 0 Å². The van der Waals surface area contributed by atoms with Gasteiger partial charge < -0.3 is 10.0 Å². The fourth-order valence-electron chi connectivity index (χ4n) is 3.26. The smallest absolute Gasteiger partial charge is 0.307 e. The number of carbonyl (C=O) groups is 2. The molecule has 1 aliphatic carbocycles. The van der Waals surface area contributed by atoms with Gasteiger partial charge in [-0.3, -0.25) is 9.59 Å². The van der Waals surface area contributed by atoms with Gasteiger partial charge in [0.25, 0.3) is 5.91 Å². The van der Waals surface area contributed by atoms with Gasteiger partial charge in [-0.15, -0.1) is 0 Å². The molecule has 1 amide bonds. The average molecular weight is 328 g/mol. The van der Waals surface area contributed by atoms with Crippen molar-refractivity contribution in [2.75, 3.05) is 13.1 Å². The van der Waals surface area contributed by atoms with Gasteiger partial charge >= 0.3 is 5.97 Å². The number of benzene rings is 1. The highest BCUT2D eigenvalue weighted by molar-refractivity contribution is 6.39. The van der Waals surface area contributed by atoms with Crippen molar-refractivity contribution in [1.82, 2.24) is 4.90 Å². The maximum Gasteiger partial charge on any atom is 0.307 e. The van der Waals surface area contributed by atoms with Gasteiger partial charge in [0.15, 0.2) is 0 Å². The number of piperidine rings is 1. The highest BCUT2D eigenvalue weighted by Crippen LogP contribution is 2.59. The number of hydrogen-bond donors (Lipinski definition) is 1. The molecule has 1 heterocycles. The summed E-state index contributed by atoms with van der Waals surface area (Å²) in [4.78, 5) is 25.3. The summed E-state index contributed by atoms with van der Waals surface area (Å²) in [5.74, 6) is -1.13. The summed E-state index contributed by atoms with van der Waals surface area (Å²) in [6.45, 7) is 1.12. The lowest BCUT2D eigenvalue weighted by Gasteiger charge is -2.33. The predicted octanol–water partition coefficient (Wildman–Crippen LogP) is 3.32. The van der Waals surface area contributed by atoms with Crippen molar-refractivity contribution in [1.29, 1.82) is 0 Å². The molecule has 1 unspecified atom stereocenters. The van der Waals surface area contributed by atoms with Crippen molar-refractivity contribution < 1.29 is 14.7 Å². The minimum absolute atomic E-state index is 0.0904. The normalized spacial score (nSPS) is 23.1. The molecular weight excluding hydrogens is 313 g/mol. The van der Waals surface area contributed by atoms with Crippen LogP contribution in [0.2, 0.25) is 10.0 Å². The molecule has 0 bridgehead atoms. The predicted molar refractivity (Wildman–Crippen MR) is 79.8 cm³/mol. The highest BCUT2D eigenvalue weighted by atomic mass is 35.5. The van der Waals surface area contributed by atoms with Crippen LogP contribution in [0.5, 0.6) is 0 Å². The van der Waals surface area contributed by atoms with Gasteiger partial charge in [0.2, 0.25) is 0 Å². The van der Waals surface area contributed by atoms with Crippen LogP contribution in [0.4, 0.5) is 0 Å². The number of nitrogens with zero attached hydrogens (tertiary/aromatic N) is 1. The Morgan fingerprint density at radius 2 is 1.76 bits per heavy atom. The van der Waals surface area contributed by atoms with Crippen LogP contribution in [-0.2, 0) is 4.79 Å². The van der Waals surface area contributed by atoms with Crippen LogP contribution in [0.25, 0.3) is 0 Å². The number of aliphatic carboxylic acids is 1. The standard InChI is InChI=1S/C15H15Cl2NO3/c16-10-2-1-3-11(17)12(10)13(19)18-6-4-15(5-7-18)8-9(15)14(20)21/h1-3,9H,4-8H2,(H,20,21). The van der Waals surface area contributed by atoms with Crippen LogP contribution >= 0.6 is 23.2 Å². The maximum atomic E-state index is 12.5. The van der Waals surface area contributed by atoms with Crippen molar-refractivity contribution >= 4 is 35.1 Å². The van der Waals surface area contributed by atoms with Crippen molar-refractivity contribution in [3.8, 4) is 0 Å². The zero-order valence-corrected chi connectivity index (χ0v) is 12.8. The van der Waals surface area contributed by atoms with Gasteiger partial charge in [0.05, 0.1) is 21.5 Å². The van der Waals surface area contributed by atoms with E-state index < -0.39 is 5.97 Å². The second-order valence-corrected chi connectivity index (χ2v) is 6.66. The van der Waals surface area contributed by atoms with Gasteiger partial charge in [-0.1, -0.05) is 29.3 Å². The molecule has 2 fully saturated rings. The Morgan fingerprint density at radius 3 is 2.24 bits per heavy atom. The first-order chi connectivity index (χ1) is 9.94. The Bertz CT molecular complexity index is 589. The third-order valence-electron chi connectivity index (χ3n) is 4.71. The Morgan fingerprint density at radius 1 is 1.19 bits per heavy atom. The number of carbonyl (C=O) groups excluding carboxylic acids is 1. The number of carboxylic acid groups (broad SMARTS) is 1.